The summed E-state index contributed by atoms with van der Waals surface area (Å²) in [6.45, 7) is 6.50. The molecule has 0 unspecified atom stereocenters. The second-order valence-electron chi connectivity index (χ2n) is 6.37. The fraction of sp³-hybridized carbons (Fsp3) is 0.217. The van der Waals surface area contributed by atoms with Crippen LogP contribution in [0.1, 0.15) is 12.5 Å². The van der Waals surface area contributed by atoms with Crippen molar-refractivity contribution >= 4 is 29.0 Å². The van der Waals surface area contributed by atoms with Crippen LogP contribution in [0.4, 0.5) is 9.18 Å². The maximum Gasteiger partial charge on any atom is 0.293 e. The predicted molar refractivity (Wildman–Crippen MR) is 118 cm³/mol. The number of amides is 2. The topological polar surface area (TPSA) is 65.1 Å². The van der Waals surface area contributed by atoms with Crippen molar-refractivity contribution in [1.29, 1.82) is 0 Å². The lowest BCUT2D eigenvalue weighted by molar-refractivity contribution is -0.123. The number of benzene rings is 2. The second-order valence-corrected chi connectivity index (χ2v) is 7.37. The minimum atomic E-state index is -0.386. The SMILES string of the molecule is C=CCOc1ccc(/C=C2\SC(=O)N(CCOc3ccc(F)cc3)C2=O)cc1OCC. The van der Waals surface area contributed by atoms with Gasteiger partial charge in [0, 0.05) is 0 Å². The number of ether oxygens (including phenoxy) is 3. The van der Waals surface area contributed by atoms with E-state index in [1.165, 1.54) is 24.3 Å². The molecule has 0 radical (unpaired) electrons. The largest absolute Gasteiger partial charge is 0.492 e. The molecule has 0 saturated carbocycles. The molecular formula is C23H22FNO5S. The van der Waals surface area contributed by atoms with Crippen molar-refractivity contribution in [1.82, 2.24) is 4.90 Å². The number of thioether (sulfide) groups is 1. The van der Waals surface area contributed by atoms with Crippen LogP contribution in [0.3, 0.4) is 0 Å². The molecule has 0 aliphatic carbocycles. The van der Waals surface area contributed by atoms with Gasteiger partial charge < -0.3 is 14.2 Å². The molecule has 0 N–H and O–H groups in total. The van der Waals surface area contributed by atoms with Crippen molar-refractivity contribution in [3.63, 3.8) is 0 Å². The molecule has 8 heteroatoms. The molecule has 1 saturated heterocycles. The summed E-state index contributed by atoms with van der Waals surface area (Å²) in [6.07, 6.45) is 3.28. The Hall–Kier alpha value is -3.26. The van der Waals surface area contributed by atoms with Gasteiger partial charge in [-0.25, -0.2) is 4.39 Å². The number of carbonyl (C=O) groups is 2. The maximum atomic E-state index is 12.9. The van der Waals surface area contributed by atoms with Crippen LogP contribution in [0.15, 0.2) is 60.0 Å². The van der Waals surface area contributed by atoms with Gasteiger partial charge in [-0.1, -0.05) is 18.7 Å². The fourth-order valence-electron chi connectivity index (χ4n) is 2.78. The third-order valence-electron chi connectivity index (χ3n) is 4.19. The molecule has 162 valence electrons. The van der Waals surface area contributed by atoms with Crippen LogP contribution in [0.5, 0.6) is 17.2 Å². The van der Waals surface area contributed by atoms with Crippen LogP contribution in [-0.4, -0.2) is 42.4 Å². The molecule has 0 atom stereocenters. The van der Waals surface area contributed by atoms with Crippen LogP contribution < -0.4 is 14.2 Å². The molecular weight excluding hydrogens is 421 g/mol. The van der Waals surface area contributed by atoms with Gasteiger partial charge in [-0.15, -0.1) is 0 Å². The maximum absolute atomic E-state index is 12.9. The lowest BCUT2D eigenvalue weighted by Gasteiger charge is -2.13. The van der Waals surface area contributed by atoms with Gasteiger partial charge in [0.25, 0.3) is 11.1 Å². The summed E-state index contributed by atoms with van der Waals surface area (Å²) in [7, 11) is 0. The molecule has 2 amide bonds. The first-order valence-corrected chi connectivity index (χ1v) is 10.5. The molecule has 2 aromatic carbocycles. The van der Waals surface area contributed by atoms with Gasteiger partial charge >= 0.3 is 0 Å². The molecule has 0 bridgehead atoms. The molecule has 1 fully saturated rings. The van der Waals surface area contributed by atoms with E-state index < -0.39 is 0 Å². The van der Waals surface area contributed by atoms with E-state index in [1.54, 1.807) is 30.4 Å². The molecule has 1 aliphatic heterocycles. The summed E-state index contributed by atoms with van der Waals surface area (Å²) >= 11 is 0.870. The number of imide groups is 1. The van der Waals surface area contributed by atoms with Gasteiger partial charge in [-0.3, -0.25) is 14.5 Å². The molecule has 1 heterocycles. The van der Waals surface area contributed by atoms with Crippen molar-refractivity contribution in [2.45, 2.75) is 6.92 Å². The Bertz CT molecular complexity index is 990. The highest BCUT2D eigenvalue weighted by Gasteiger charge is 2.34. The molecule has 3 rings (SSSR count). The first-order chi connectivity index (χ1) is 15.0. The zero-order valence-corrected chi connectivity index (χ0v) is 17.8. The lowest BCUT2D eigenvalue weighted by Crippen LogP contribution is -2.32. The number of carbonyl (C=O) groups excluding carboxylic acids is 2. The molecule has 2 aromatic rings. The minimum Gasteiger partial charge on any atom is -0.492 e. The van der Waals surface area contributed by atoms with Crippen molar-refractivity contribution in [3.05, 3.63) is 71.4 Å². The monoisotopic (exact) mass is 443 g/mol. The number of hydrogen-bond donors (Lipinski definition) is 0. The average Bonchev–Trinajstić information content (AvgIpc) is 3.02. The molecule has 6 nitrogen and oxygen atoms in total. The van der Waals surface area contributed by atoms with E-state index >= 15 is 0 Å². The number of halogens is 1. The van der Waals surface area contributed by atoms with Crippen molar-refractivity contribution in [2.24, 2.45) is 0 Å². The average molecular weight is 443 g/mol. The van der Waals surface area contributed by atoms with Crippen molar-refractivity contribution in [2.75, 3.05) is 26.4 Å². The third kappa shape index (κ3) is 5.88. The van der Waals surface area contributed by atoms with Gasteiger partial charge in [0.2, 0.25) is 0 Å². The zero-order chi connectivity index (χ0) is 22.2. The second kappa shape index (κ2) is 10.7. The summed E-state index contributed by atoms with van der Waals surface area (Å²) in [5, 5.41) is -0.366. The quantitative estimate of drug-likeness (QED) is 0.384. The highest BCUT2D eigenvalue weighted by Crippen LogP contribution is 2.34. The number of hydrogen-bond acceptors (Lipinski definition) is 6. The van der Waals surface area contributed by atoms with Crippen molar-refractivity contribution < 1.29 is 28.2 Å². The highest BCUT2D eigenvalue weighted by atomic mass is 32.2. The van der Waals surface area contributed by atoms with Crippen molar-refractivity contribution in [3.8, 4) is 17.2 Å². The van der Waals surface area contributed by atoms with E-state index in [0.717, 1.165) is 16.7 Å². The van der Waals surface area contributed by atoms with E-state index in [1.807, 2.05) is 6.92 Å². The van der Waals surface area contributed by atoms with Gasteiger partial charge in [0.1, 0.15) is 24.8 Å². The molecule has 31 heavy (non-hydrogen) atoms. The first kappa shape index (κ1) is 22.4. The van der Waals surface area contributed by atoms with Crippen LogP contribution in [-0.2, 0) is 4.79 Å². The summed E-state index contributed by atoms with van der Waals surface area (Å²) in [5.74, 6) is 0.833. The standard InChI is InChI=1S/C23H22FNO5S/c1-3-12-30-19-10-5-16(14-20(19)28-4-2)15-21-22(26)25(23(27)31-21)11-13-29-18-8-6-17(24)7-9-18/h3,5-10,14-15H,1,4,11-13H2,2H3/b21-15-. The Morgan fingerprint density at radius 1 is 1.06 bits per heavy atom. The normalized spacial score (nSPS) is 14.8. The third-order valence-corrected chi connectivity index (χ3v) is 5.10. The van der Waals surface area contributed by atoms with E-state index in [0.29, 0.717) is 40.9 Å². The Morgan fingerprint density at radius 2 is 1.84 bits per heavy atom. The van der Waals surface area contributed by atoms with E-state index in [4.69, 9.17) is 14.2 Å². The molecule has 0 aromatic heterocycles. The number of rotatable bonds is 10. The minimum absolute atomic E-state index is 0.0951. The molecule has 1 aliphatic rings. The van der Waals surface area contributed by atoms with Gasteiger partial charge in [0.05, 0.1) is 18.1 Å². The zero-order valence-electron chi connectivity index (χ0n) is 17.0. The molecule has 0 spiro atoms. The van der Waals surface area contributed by atoms with E-state index in [2.05, 4.69) is 6.58 Å². The summed E-state index contributed by atoms with van der Waals surface area (Å²) in [5.41, 5.74) is 0.711. The lowest BCUT2D eigenvalue weighted by atomic mass is 10.2. The Balaban J connectivity index is 1.66. The summed E-state index contributed by atoms with van der Waals surface area (Å²) < 4.78 is 29.6. The summed E-state index contributed by atoms with van der Waals surface area (Å²) in [6, 6.07) is 10.8. The Kier molecular flexibility index (Phi) is 7.72. The van der Waals surface area contributed by atoms with E-state index in [-0.39, 0.29) is 30.1 Å². The Labute approximate surface area is 184 Å². The van der Waals surface area contributed by atoms with Crippen LogP contribution >= 0.6 is 11.8 Å². The van der Waals surface area contributed by atoms with Crippen LogP contribution in [0.2, 0.25) is 0 Å². The van der Waals surface area contributed by atoms with Gasteiger partial charge in [-0.05, 0) is 66.7 Å². The van der Waals surface area contributed by atoms with Gasteiger partial charge in [0.15, 0.2) is 11.5 Å². The fourth-order valence-corrected chi connectivity index (χ4v) is 3.65. The highest BCUT2D eigenvalue weighted by molar-refractivity contribution is 8.18. The first-order valence-electron chi connectivity index (χ1n) is 9.66. The van der Waals surface area contributed by atoms with Crippen LogP contribution in [0, 0.1) is 5.82 Å². The smallest absolute Gasteiger partial charge is 0.293 e. The van der Waals surface area contributed by atoms with Crippen LogP contribution in [0.25, 0.3) is 6.08 Å². The summed E-state index contributed by atoms with van der Waals surface area (Å²) in [4.78, 5) is 26.4. The van der Waals surface area contributed by atoms with E-state index in [9.17, 15) is 14.0 Å². The predicted octanol–water partition coefficient (Wildman–Crippen LogP) is 4.90. The Morgan fingerprint density at radius 3 is 2.55 bits per heavy atom. The van der Waals surface area contributed by atoms with Gasteiger partial charge in [-0.2, -0.15) is 0 Å². The number of nitrogens with zero attached hydrogens (tertiary/aromatic N) is 1.